The first-order valence-corrected chi connectivity index (χ1v) is 9.96. The van der Waals surface area contributed by atoms with Crippen LogP contribution in [0.5, 0.6) is 0 Å². The molecule has 4 amide bonds. The van der Waals surface area contributed by atoms with Crippen molar-refractivity contribution in [2.24, 2.45) is 0 Å². The number of hydrazine groups is 2. The van der Waals surface area contributed by atoms with Gasteiger partial charge in [-0.05, 0) is 36.4 Å². The van der Waals surface area contributed by atoms with E-state index in [0.29, 0.717) is 0 Å². The van der Waals surface area contributed by atoms with Crippen LogP contribution in [0.1, 0.15) is 41.4 Å². The lowest BCUT2D eigenvalue weighted by atomic mass is 10.1. The SMILES string of the molecule is O=C(NNC(=O)c1cccc([N+](=O)[O-])c1)c1ccc(C(=O)NNC(=O)c2cccc([N+](=O)[O-])c2)cc1. The molecule has 0 bridgehead atoms. The third kappa shape index (κ3) is 6.22. The number of hydrogen-bond donors (Lipinski definition) is 4. The highest BCUT2D eigenvalue weighted by molar-refractivity contribution is 6.01. The molecule has 182 valence electrons. The van der Waals surface area contributed by atoms with Crippen molar-refractivity contribution >= 4 is 35.0 Å². The lowest BCUT2D eigenvalue weighted by Crippen LogP contribution is -2.42. The van der Waals surface area contributed by atoms with Gasteiger partial charge in [-0.15, -0.1) is 0 Å². The first-order valence-electron chi connectivity index (χ1n) is 9.96. The molecule has 36 heavy (non-hydrogen) atoms. The second-order valence-corrected chi connectivity index (χ2v) is 7.01. The topological polar surface area (TPSA) is 203 Å². The van der Waals surface area contributed by atoms with E-state index in [1.807, 2.05) is 0 Å². The van der Waals surface area contributed by atoms with Gasteiger partial charge in [-0.1, -0.05) is 12.1 Å². The Morgan fingerprint density at radius 2 is 0.806 bits per heavy atom. The molecule has 0 heterocycles. The standard InChI is InChI=1S/C22H16N6O8/c29-19(23-25-21(31)15-3-1-5-17(11-15)27(33)34)13-7-9-14(10-8-13)20(30)24-26-22(32)16-4-2-6-18(12-16)28(35)36/h1-12H,(H,23,29)(H,24,30)(H,25,31)(H,26,32). The van der Waals surface area contributed by atoms with E-state index in [0.717, 1.165) is 12.1 Å². The highest BCUT2D eigenvalue weighted by Gasteiger charge is 2.15. The number of non-ortho nitro benzene ring substituents is 2. The average Bonchev–Trinajstić information content (AvgIpc) is 2.90. The fraction of sp³-hybridized carbons (Fsp3) is 0. The van der Waals surface area contributed by atoms with Gasteiger partial charge in [0.15, 0.2) is 0 Å². The smallest absolute Gasteiger partial charge is 0.267 e. The van der Waals surface area contributed by atoms with Gasteiger partial charge >= 0.3 is 0 Å². The van der Waals surface area contributed by atoms with Crippen molar-refractivity contribution in [3.8, 4) is 0 Å². The van der Waals surface area contributed by atoms with Gasteiger partial charge in [0.1, 0.15) is 0 Å². The average molecular weight is 492 g/mol. The Labute approximate surface area is 201 Å². The minimum Gasteiger partial charge on any atom is -0.267 e. The molecule has 0 aliphatic rings. The molecule has 0 unspecified atom stereocenters. The van der Waals surface area contributed by atoms with Gasteiger partial charge in [0.25, 0.3) is 35.0 Å². The summed E-state index contributed by atoms with van der Waals surface area (Å²) >= 11 is 0. The van der Waals surface area contributed by atoms with E-state index >= 15 is 0 Å². The van der Waals surface area contributed by atoms with Gasteiger partial charge in [0, 0.05) is 46.5 Å². The van der Waals surface area contributed by atoms with Crippen molar-refractivity contribution in [2.45, 2.75) is 0 Å². The van der Waals surface area contributed by atoms with Gasteiger partial charge in [-0.2, -0.15) is 0 Å². The molecule has 0 saturated heterocycles. The van der Waals surface area contributed by atoms with Gasteiger partial charge < -0.3 is 0 Å². The Kier molecular flexibility index (Phi) is 7.61. The zero-order valence-corrected chi connectivity index (χ0v) is 18.1. The van der Waals surface area contributed by atoms with Crippen LogP contribution in [0.3, 0.4) is 0 Å². The van der Waals surface area contributed by atoms with Crippen LogP contribution in [-0.4, -0.2) is 33.5 Å². The van der Waals surface area contributed by atoms with Crippen LogP contribution in [0.15, 0.2) is 72.8 Å². The zero-order chi connectivity index (χ0) is 26.2. The third-order valence-corrected chi connectivity index (χ3v) is 4.63. The van der Waals surface area contributed by atoms with E-state index in [1.165, 1.54) is 60.7 Å². The Morgan fingerprint density at radius 1 is 0.500 bits per heavy atom. The van der Waals surface area contributed by atoms with Gasteiger partial charge in [0.2, 0.25) is 0 Å². The van der Waals surface area contributed by atoms with Crippen molar-refractivity contribution in [3.63, 3.8) is 0 Å². The summed E-state index contributed by atoms with van der Waals surface area (Å²) in [7, 11) is 0. The van der Waals surface area contributed by atoms with Crippen molar-refractivity contribution in [3.05, 3.63) is 115 Å². The van der Waals surface area contributed by atoms with Crippen LogP contribution in [0.4, 0.5) is 11.4 Å². The van der Waals surface area contributed by atoms with Crippen molar-refractivity contribution in [1.82, 2.24) is 21.7 Å². The molecule has 3 aromatic carbocycles. The first-order chi connectivity index (χ1) is 17.2. The minimum atomic E-state index is -0.775. The van der Waals surface area contributed by atoms with Gasteiger partial charge in [0.05, 0.1) is 9.85 Å². The predicted molar refractivity (Wildman–Crippen MR) is 122 cm³/mol. The van der Waals surface area contributed by atoms with Crippen molar-refractivity contribution in [1.29, 1.82) is 0 Å². The summed E-state index contributed by atoms with van der Waals surface area (Å²) in [6, 6.07) is 15.0. The van der Waals surface area contributed by atoms with Gasteiger partial charge in [-0.25, -0.2) is 0 Å². The summed E-state index contributed by atoms with van der Waals surface area (Å²) in [6.07, 6.45) is 0. The Balaban J connectivity index is 1.53. The first kappa shape index (κ1) is 25.0. The molecular formula is C22H16N6O8. The van der Waals surface area contributed by atoms with Crippen molar-refractivity contribution in [2.75, 3.05) is 0 Å². The summed E-state index contributed by atoms with van der Waals surface area (Å²) in [4.78, 5) is 69.0. The van der Waals surface area contributed by atoms with E-state index in [2.05, 4.69) is 21.7 Å². The molecule has 0 saturated carbocycles. The fourth-order valence-corrected chi connectivity index (χ4v) is 2.81. The van der Waals surface area contributed by atoms with Crippen LogP contribution < -0.4 is 21.7 Å². The maximum absolute atomic E-state index is 12.2. The molecule has 0 aromatic heterocycles. The Bertz CT molecular complexity index is 1270. The second-order valence-electron chi connectivity index (χ2n) is 7.01. The second kappa shape index (κ2) is 11.0. The maximum Gasteiger partial charge on any atom is 0.270 e. The van der Waals surface area contributed by atoms with E-state index in [4.69, 9.17) is 0 Å². The van der Waals surface area contributed by atoms with Crippen LogP contribution in [0.2, 0.25) is 0 Å². The third-order valence-electron chi connectivity index (χ3n) is 4.63. The summed E-state index contributed by atoms with van der Waals surface area (Å²) in [5, 5.41) is 21.6. The molecule has 0 radical (unpaired) electrons. The quantitative estimate of drug-likeness (QED) is 0.293. The molecule has 14 heteroatoms. The molecule has 3 aromatic rings. The molecule has 0 fully saturated rings. The number of rotatable bonds is 6. The molecule has 0 aliphatic carbocycles. The molecule has 0 aliphatic heterocycles. The van der Waals surface area contributed by atoms with E-state index in [1.54, 1.807) is 0 Å². The summed E-state index contributed by atoms with van der Waals surface area (Å²) in [6.45, 7) is 0. The molecule has 0 spiro atoms. The Morgan fingerprint density at radius 3 is 1.11 bits per heavy atom. The Hall–Kier alpha value is -5.66. The monoisotopic (exact) mass is 492 g/mol. The van der Waals surface area contributed by atoms with Crippen molar-refractivity contribution < 1.29 is 29.0 Å². The molecular weight excluding hydrogens is 476 g/mol. The van der Waals surface area contributed by atoms with E-state index in [-0.39, 0.29) is 33.6 Å². The van der Waals surface area contributed by atoms with Gasteiger partial charge in [-0.3, -0.25) is 61.1 Å². The normalized spacial score (nSPS) is 10.0. The largest absolute Gasteiger partial charge is 0.270 e. The molecule has 3 rings (SSSR count). The van der Waals surface area contributed by atoms with Crippen LogP contribution in [0, 0.1) is 20.2 Å². The number of nitrogens with zero attached hydrogens (tertiary/aromatic N) is 2. The summed E-state index contributed by atoms with van der Waals surface area (Å²) in [5.41, 5.74) is 8.06. The number of carbonyl (C=O) groups is 4. The number of amides is 4. The molecule has 4 N–H and O–H groups in total. The predicted octanol–water partition coefficient (Wildman–Crippen LogP) is 1.65. The minimum absolute atomic E-state index is 0.0383. The lowest BCUT2D eigenvalue weighted by Gasteiger charge is -2.09. The van der Waals surface area contributed by atoms with Crippen LogP contribution in [-0.2, 0) is 0 Å². The number of nitrogens with one attached hydrogen (secondary N) is 4. The van der Waals surface area contributed by atoms with E-state index < -0.39 is 33.5 Å². The number of benzene rings is 3. The highest BCUT2D eigenvalue weighted by Crippen LogP contribution is 2.14. The van der Waals surface area contributed by atoms with Crippen LogP contribution in [0.25, 0.3) is 0 Å². The maximum atomic E-state index is 12.2. The fourth-order valence-electron chi connectivity index (χ4n) is 2.81. The molecule has 0 atom stereocenters. The number of nitro groups is 2. The zero-order valence-electron chi connectivity index (χ0n) is 18.1. The number of hydrogen-bond acceptors (Lipinski definition) is 8. The molecule has 14 nitrogen and oxygen atoms in total. The number of carbonyl (C=O) groups excluding carboxylic acids is 4. The summed E-state index contributed by atoms with van der Waals surface area (Å²) in [5.74, 6) is -3.00. The highest BCUT2D eigenvalue weighted by atomic mass is 16.6. The lowest BCUT2D eigenvalue weighted by molar-refractivity contribution is -0.385. The van der Waals surface area contributed by atoms with E-state index in [9.17, 15) is 39.4 Å². The van der Waals surface area contributed by atoms with Crippen LogP contribution >= 0.6 is 0 Å². The summed E-state index contributed by atoms with van der Waals surface area (Å²) < 4.78 is 0. The number of nitro benzene ring substituents is 2.